The number of rotatable bonds is 3. The summed E-state index contributed by atoms with van der Waals surface area (Å²) in [6.07, 6.45) is 0. The Balaban J connectivity index is 3.18. The van der Waals surface area contributed by atoms with Gasteiger partial charge in [-0.15, -0.1) is 0 Å². The van der Waals surface area contributed by atoms with Crippen LogP contribution >= 0.6 is 23.2 Å². The summed E-state index contributed by atoms with van der Waals surface area (Å²) < 4.78 is 0. The molecule has 0 unspecified atom stereocenters. The molecule has 0 amide bonds. The molecule has 2 N–H and O–H groups in total. The predicted molar refractivity (Wildman–Crippen MR) is 69.0 cm³/mol. The first-order valence-electron chi connectivity index (χ1n) is 4.98. The lowest BCUT2D eigenvalue weighted by molar-refractivity contribution is 0.705. The number of hydrogen-bond acceptors (Lipinski definition) is 2. The number of nitrogens with zero attached hydrogens (tertiary/aromatic N) is 1. The van der Waals surface area contributed by atoms with Crippen molar-refractivity contribution >= 4 is 34.6 Å². The van der Waals surface area contributed by atoms with E-state index in [0.29, 0.717) is 21.8 Å². The van der Waals surface area contributed by atoms with Crippen LogP contribution in [0.2, 0.25) is 10.0 Å². The van der Waals surface area contributed by atoms with Crippen LogP contribution < -0.4 is 10.6 Å². The summed E-state index contributed by atoms with van der Waals surface area (Å²) in [5, 5.41) is 1.04. The number of halogens is 2. The van der Waals surface area contributed by atoms with Crippen LogP contribution in [-0.2, 0) is 0 Å². The Labute approximate surface area is 101 Å². The van der Waals surface area contributed by atoms with Crippen molar-refractivity contribution in [3.05, 3.63) is 22.2 Å². The van der Waals surface area contributed by atoms with Gasteiger partial charge in [-0.05, 0) is 32.9 Å². The number of nitrogens with two attached hydrogens (primary N) is 1. The second-order valence-electron chi connectivity index (χ2n) is 3.70. The molecule has 1 aromatic carbocycles. The minimum atomic E-state index is 0.384. The van der Waals surface area contributed by atoms with E-state index in [1.807, 2.05) is 6.07 Å². The fraction of sp³-hybridized carbons (Fsp3) is 0.455. The lowest BCUT2D eigenvalue weighted by Gasteiger charge is -2.29. The molecule has 0 bridgehead atoms. The van der Waals surface area contributed by atoms with Crippen molar-refractivity contribution in [2.45, 2.75) is 26.8 Å². The molecule has 0 aromatic heterocycles. The fourth-order valence-corrected chi connectivity index (χ4v) is 1.94. The topological polar surface area (TPSA) is 29.3 Å². The first kappa shape index (κ1) is 12.5. The summed E-state index contributed by atoms with van der Waals surface area (Å²) >= 11 is 11.9. The largest absolute Gasteiger partial charge is 0.397 e. The predicted octanol–water partition coefficient (Wildman–Crippen LogP) is 3.81. The van der Waals surface area contributed by atoms with Gasteiger partial charge in [-0.2, -0.15) is 0 Å². The average molecular weight is 247 g/mol. The molecule has 0 saturated carbocycles. The Morgan fingerprint density at radius 2 is 1.80 bits per heavy atom. The number of benzene rings is 1. The van der Waals surface area contributed by atoms with Crippen molar-refractivity contribution in [3.63, 3.8) is 0 Å². The van der Waals surface area contributed by atoms with Crippen LogP contribution in [0.3, 0.4) is 0 Å². The van der Waals surface area contributed by atoms with E-state index in [0.717, 1.165) is 12.2 Å². The van der Waals surface area contributed by atoms with Gasteiger partial charge in [0, 0.05) is 12.6 Å². The smallest absolute Gasteiger partial charge is 0.0618 e. The Hall–Kier alpha value is -0.600. The molecule has 0 radical (unpaired) electrons. The standard InChI is InChI=1S/C11H16Cl2N2/c1-4-15(7(2)3)11-6-9(13)8(12)5-10(11)14/h5-7H,4,14H2,1-3H3. The number of hydrogen-bond donors (Lipinski definition) is 1. The van der Waals surface area contributed by atoms with Crippen LogP contribution in [0, 0.1) is 0 Å². The second kappa shape index (κ2) is 4.95. The Bertz CT molecular complexity index is 351. The first-order valence-corrected chi connectivity index (χ1v) is 5.74. The van der Waals surface area contributed by atoms with Gasteiger partial charge in [0.1, 0.15) is 0 Å². The molecule has 1 rings (SSSR count). The van der Waals surface area contributed by atoms with Gasteiger partial charge in [0.05, 0.1) is 21.4 Å². The summed E-state index contributed by atoms with van der Waals surface area (Å²) in [6.45, 7) is 7.21. The minimum absolute atomic E-state index is 0.384. The van der Waals surface area contributed by atoms with E-state index < -0.39 is 0 Å². The normalized spacial score (nSPS) is 10.8. The lowest BCUT2D eigenvalue weighted by atomic mass is 10.2. The van der Waals surface area contributed by atoms with Crippen molar-refractivity contribution in [2.75, 3.05) is 17.2 Å². The SMILES string of the molecule is CCN(c1cc(Cl)c(Cl)cc1N)C(C)C. The Kier molecular flexibility index (Phi) is 4.12. The number of nitrogen functional groups attached to an aromatic ring is 1. The molecule has 0 fully saturated rings. The molecular weight excluding hydrogens is 231 g/mol. The third-order valence-electron chi connectivity index (χ3n) is 2.34. The average Bonchev–Trinajstić information content (AvgIpc) is 2.14. The molecule has 0 heterocycles. The van der Waals surface area contributed by atoms with E-state index in [9.17, 15) is 0 Å². The van der Waals surface area contributed by atoms with Gasteiger partial charge >= 0.3 is 0 Å². The molecule has 0 aliphatic heterocycles. The van der Waals surface area contributed by atoms with Crippen LogP contribution in [0.1, 0.15) is 20.8 Å². The van der Waals surface area contributed by atoms with E-state index in [4.69, 9.17) is 28.9 Å². The summed E-state index contributed by atoms with van der Waals surface area (Å²) in [5.74, 6) is 0. The van der Waals surface area contributed by atoms with Gasteiger partial charge in [0.25, 0.3) is 0 Å². The summed E-state index contributed by atoms with van der Waals surface area (Å²) in [6, 6.07) is 3.90. The fourth-order valence-electron chi connectivity index (χ4n) is 1.61. The first-order chi connectivity index (χ1) is 6.97. The highest BCUT2D eigenvalue weighted by molar-refractivity contribution is 6.42. The van der Waals surface area contributed by atoms with Crippen molar-refractivity contribution in [3.8, 4) is 0 Å². The van der Waals surface area contributed by atoms with Gasteiger partial charge in [0.2, 0.25) is 0 Å². The molecule has 0 saturated heterocycles. The molecule has 4 heteroatoms. The van der Waals surface area contributed by atoms with E-state index >= 15 is 0 Å². The van der Waals surface area contributed by atoms with Crippen LogP contribution in [0.25, 0.3) is 0 Å². The highest BCUT2D eigenvalue weighted by Crippen LogP contribution is 2.33. The monoisotopic (exact) mass is 246 g/mol. The van der Waals surface area contributed by atoms with E-state index in [-0.39, 0.29) is 0 Å². The van der Waals surface area contributed by atoms with Crippen LogP contribution in [0.15, 0.2) is 12.1 Å². The maximum atomic E-state index is 5.98. The Morgan fingerprint density at radius 1 is 1.27 bits per heavy atom. The zero-order chi connectivity index (χ0) is 11.6. The Morgan fingerprint density at radius 3 is 2.27 bits per heavy atom. The zero-order valence-corrected chi connectivity index (χ0v) is 10.7. The summed E-state index contributed by atoms with van der Waals surface area (Å²) in [5.41, 5.74) is 7.53. The van der Waals surface area contributed by atoms with Gasteiger partial charge in [0.15, 0.2) is 0 Å². The molecule has 0 spiro atoms. The van der Waals surface area contributed by atoms with Crippen LogP contribution in [0.5, 0.6) is 0 Å². The number of anilines is 2. The third-order valence-corrected chi connectivity index (χ3v) is 3.07. The van der Waals surface area contributed by atoms with Gasteiger partial charge in [-0.25, -0.2) is 0 Å². The van der Waals surface area contributed by atoms with Crippen molar-refractivity contribution in [1.29, 1.82) is 0 Å². The summed E-state index contributed by atoms with van der Waals surface area (Å²) in [4.78, 5) is 2.18. The maximum absolute atomic E-state index is 5.98. The van der Waals surface area contributed by atoms with Gasteiger partial charge in [-0.3, -0.25) is 0 Å². The van der Waals surface area contributed by atoms with Gasteiger partial charge < -0.3 is 10.6 Å². The van der Waals surface area contributed by atoms with Crippen molar-refractivity contribution in [1.82, 2.24) is 0 Å². The molecule has 0 atom stereocenters. The highest BCUT2D eigenvalue weighted by Gasteiger charge is 2.13. The molecule has 15 heavy (non-hydrogen) atoms. The van der Waals surface area contributed by atoms with E-state index in [1.54, 1.807) is 6.07 Å². The molecular formula is C11H16Cl2N2. The van der Waals surface area contributed by atoms with Crippen molar-refractivity contribution in [2.24, 2.45) is 0 Å². The minimum Gasteiger partial charge on any atom is -0.397 e. The highest BCUT2D eigenvalue weighted by atomic mass is 35.5. The van der Waals surface area contributed by atoms with Crippen molar-refractivity contribution < 1.29 is 0 Å². The maximum Gasteiger partial charge on any atom is 0.0618 e. The lowest BCUT2D eigenvalue weighted by Crippen LogP contribution is -2.30. The van der Waals surface area contributed by atoms with Gasteiger partial charge in [-0.1, -0.05) is 23.2 Å². The van der Waals surface area contributed by atoms with E-state index in [2.05, 4.69) is 25.7 Å². The van der Waals surface area contributed by atoms with Crippen LogP contribution in [0.4, 0.5) is 11.4 Å². The quantitative estimate of drug-likeness (QED) is 0.823. The zero-order valence-electron chi connectivity index (χ0n) is 9.22. The third kappa shape index (κ3) is 2.70. The van der Waals surface area contributed by atoms with Crippen LogP contribution in [-0.4, -0.2) is 12.6 Å². The molecule has 0 aliphatic rings. The second-order valence-corrected chi connectivity index (χ2v) is 4.52. The summed E-state index contributed by atoms with van der Waals surface area (Å²) in [7, 11) is 0. The molecule has 0 aliphatic carbocycles. The van der Waals surface area contributed by atoms with E-state index in [1.165, 1.54) is 0 Å². The molecule has 84 valence electrons. The molecule has 2 nitrogen and oxygen atoms in total. The molecule has 1 aromatic rings.